The molecule has 0 unspecified atom stereocenters. The Morgan fingerprint density at radius 1 is 1.25 bits per heavy atom. The third kappa shape index (κ3) is 3.37. The van der Waals surface area contributed by atoms with Crippen LogP contribution in [0.3, 0.4) is 0 Å². The molecule has 2 aromatic heterocycles. The number of H-pyrrole nitrogens is 1. The van der Waals surface area contributed by atoms with Gasteiger partial charge >= 0.3 is 0 Å². The zero-order chi connectivity index (χ0) is 16.4. The third-order valence-corrected chi connectivity index (χ3v) is 4.25. The number of carbonyl (C=O) groups excluding carboxylic acids is 1. The molecular weight excluding hydrogens is 302 g/mol. The fourth-order valence-corrected chi connectivity index (χ4v) is 2.68. The van der Waals surface area contributed by atoms with Crippen molar-refractivity contribution in [2.45, 2.75) is 31.8 Å². The number of aromatic amines is 1. The van der Waals surface area contributed by atoms with Crippen LogP contribution in [0, 0.1) is 0 Å². The predicted molar refractivity (Wildman–Crippen MR) is 89.5 cm³/mol. The second kappa shape index (κ2) is 6.31. The second-order valence-corrected chi connectivity index (χ2v) is 6.22. The molecule has 0 saturated heterocycles. The van der Waals surface area contributed by atoms with Gasteiger partial charge in [0.05, 0.1) is 6.33 Å². The molecule has 24 heavy (non-hydrogen) atoms. The molecule has 2 heterocycles. The summed E-state index contributed by atoms with van der Waals surface area (Å²) in [6.07, 6.45) is 7.89. The molecule has 2 N–H and O–H groups in total. The number of hydrogen-bond acceptors (Lipinski definition) is 3. The molecule has 3 aromatic rings. The van der Waals surface area contributed by atoms with Crippen LogP contribution in [-0.4, -0.2) is 25.7 Å². The molecule has 1 amide bonds. The minimum absolute atomic E-state index is 0.138. The van der Waals surface area contributed by atoms with Crippen molar-refractivity contribution in [3.8, 4) is 0 Å². The summed E-state index contributed by atoms with van der Waals surface area (Å²) in [6.45, 7) is 1.29. The average Bonchev–Trinajstić information content (AvgIpc) is 3.11. The van der Waals surface area contributed by atoms with E-state index in [1.165, 1.54) is 18.4 Å². The molecule has 1 saturated carbocycles. The third-order valence-electron chi connectivity index (χ3n) is 4.25. The Bertz CT molecular complexity index is 815. The summed E-state index contributed by atoms with van der Waals surface area (Å²) in [5.74, 6) is 0.433. The quantitative estimate of drug-likeness (QED) is 0.732. The van der Waals surface area contributed by atoms with Crippen LogP contribution in [0.2, 0.25) is 0 Å². The van der Waals surface area contributed by atoms with Crippen LogP contribution in [0.25, 0.3) is 0 Å². The molecule has 1 aromatic carbocycles. The highest BCUT2D eigenvalue weighted by Gasteiger charge is 2.26. The van der Waals surface area contributed by atoms with Crippen molar-refractivity contribution in [3.63, 3.8) is 0 Å². The molecule has 0 bridgehead atoms. The van der Waals surface area contributed by atoms with Gasteiger partial charge in [0.15, 0.2) is 0 Å². The van der Waals surface area contributed by atoms with E-state index in [1.807, 2.05) is 29.0 Å². The number of amides is 1. The van der Waals surface area contributed by atoms with Crippen molar-refractivity contribution in [3.05, 3.63) is 71.6 Å². The first-order chi connectivity index (χ1) is 11.8. The highest BCUT2D eigenvalue weighted by Crippen LogP contribution is 2.38. The zero-order valence-corrected chi connectivity index (χ0v) is 13.3. The molecule has 6 nitrogen and oxygen atoms in total. The number of nitrogens with zero attached hydrogens (tertiary/aromatic N) is 3. The predicted octanol–water partition coefficient (Wildman–Crippen LogP) is 2.46. The molecule has 0 aliphatic heterocycles. The molecule has 6 heteroatoms. The number of nitrogens with one attached hydrogen (secondary N) is 2. The van der Waals surface area contributed by atoms with Crippen LogP contribution >= 0.6 is 0 Å². The summed E-state index contributed by atoms with van der Waals surface area (Å²) >= 11 is 0. The van der Waals surface area contributed by atoms with Gasteiger partial charge in [-0.1, -0.05) is 24.3 Å². The van der Waals surface area contributed by atoms with Gasteiger partial charge in [-0.3, -0.25) is 9.89 Å². The van der Waals surface area contributed by atoms with Crippen molar-refractivity contribution in [1.82, 2.24) is 25.1 Å². The summed E-state index contributed by atoms with van der Waals surface area (Å²) in [7, 11) is 0. The Kier molecular flexibility index (Phi) is 3.86. The normalized spacial score (nSPS) is 13.8. The van der Waals surface area contributed by atoms with E-state index in [0.717, 1.165) is 17.8 Å². The number of carbonyl (C=O) groups is 1. The van der Waals surface area contributed by atoms with E-state index in [0.29, 0.717) is 18.2 Å². The Morgan fingerprint density at radius 2 is 2.04 bits per heavy atom. The molecule has 4 rings (SSSR count). The fourth-order valence-electron chi connectivity index (χ4n) is 2.68. The summed E-state index contributed by atoms with van der Waals surface area (Å²) in [5.41, 5.74) is 3.80. The molecule has 122 valence electrons. The summed E-state index contributed by atoms with van der Waals surface area (Å²) < 4.78 is 2.02. The van der Waals surface area contributed by atoms with E-state index in [9.17, 15) is 4.79 Å². The standard InChI is InChI=1S/C18H19N5O/c24-18(17-9-16(21-22-17)15-5-6-15)20-10-13-1-3-14(4-2-13)11-23-8-7-19-12-23/h1-4,7-9,12,15H,5-6,10-11H2,(H,20,24)(H,21,22). The highest BCUT2D eigenvalue weighted by molar-refractivity contribution is 5.92. The first-order valence-electron chi connectivity index (χ1n) is 8.15. The van der Waals surface area contributed by atoms with Crippen LogP contribution in [0.1, 0.15) is 46.1 Å². The van der Waals surface area contributed by atoms with Gasteiger partial charge < -0.3 is 9.88 Å². The Labute approximate surface area is 139 Å². The van der Waals surface area contributed by atoms with E-state index in [-0.39, 0.29) is 5.91 Å². The lowest BCUT2D eigenvalue weighted by atomic mass is 10.1. The SMILES string of the molecule is O=C(NCc1ccc(Cn2ccnc2)cc1)c1cc(C2CC2)[nH]n1. The summed E-state index contributed by atoms with van der Waals surface area (Å²) in [4.78, 5) is 16.2. The number of hydrogen-bond donors (Lipinski definition) is 2. The number of aromatic nitrogens is 4. The van der Waals surface area contributed by atoms with Crippen molar-refractivity contribution >= 4 is 5.91 Å². The van der Waals surface area contributed by atoms with Gasteiger partial charge in [0.2, 0.25) is 0 Å². The summed E-state index contributed by atoms with van der Waals surface area (Å²) in [6, 6.07) is 10.1. The molecule has 0 atom stereocenters. The molecule has 0 spiro atoms. The second-order valence-electron chi connectivity index (χ2n) is 6.22. The lowest BCUT2D eigenvalue weighted by Crippen LogP contribution is -2.23. The number of benzene rings is 1. The van der Waals surface area contributed by atoms with Crippen LogP contribution < -0.4 is 5.32 Å². The van der Waals surface area contributed by atoms with Crippen LogP contribution in [0.4, 0.5) is 0 Å². The number of imidazole rings is 1. The van der Waals surface area contributed by atoms with Crippen molar-refractivity contribution in [1.29, 1.82) is 0 Å². The summed E-state index contributed by atoms with van der Waals surface area (Å²) in [5, 5.41) is 9.97. The molecule has 1 aliphatic rings. The van der Waals surface area contributed by atoms with Crippen molar-refractivity contribution in [2.24, 2.45) is 0 Å². The van der Waals surface area contributed by atoms with E-state index < -0.39 is 0 Å². The van der Waals surface area contributed by atoms with Gasteiger partial charge in [0, 0.05) is 37.1 Å². The number of rotatable bonds is 6. The van der Waals surface area contributed by atoms with Crippen LogP contribution in [-0.2, 0) is 13.1 Å². The van der Waals surface area contributed by atoms with Gasteiger partial charge in [-0.25, -0.2) is 4.98 Å². The highest BCUT2D eigenvalue weighted by atomic mass is 16.1. The minimum Gasteiger partial charge on any atom is -0.347 e. The maximum Gasteiger partial charge on any atom is 0.272 e. The Hall–Kier alpha value is -2.89. The van der Waals surface area contributed by atoms with Crippen LogP contribution in [0.5, 0.6) is 0 Å². The Morgan fingerprint density at radius 3 is 2.75 bits per heavy atom. The Balaban J connectivity index is 1.32. The lowest BCUT2D eigenvalue weighted by molar-refractivity contribution is 0.0946. The minimum atomic E-state index is -0.138. The van der Waals surface area contributed by atoms with E-state index in [2.05, 4.69) is 32.6 Å². The van der Waals surface area contributed by atoms with Crippen molar-refractivity contribution in [2.75, 3.05) is 0 Å². The maximum absolute atomic E-state index is 12.1. The fraction of sp³-hybridized carbons (Fsp3) is 0.278. The first kappa shape index (κ1) is 14.7. The molecular formula is C18H19N5O. The van der Waals surface area contributed by atoms with Crippen LogP contribution in [0.15, 0.2) is 49.1 Å². The lowest BCUT2D eigenvalue weighted by Gasteiger charge is -2.06. The van der Waals surface area contributed by atoms with Gasteiger partial charge in [-0.05, 0) is 30.0 Å². The average molecular weight is 321 g/mol. The largest absolute Gasteiger partial charge is 0.347 e. The smallest absolute Gasteiger partial charge is 0.272 e. The van der Waals surface area contributed by atoms with Crippen molar-refractivity contribution < 1.29 is 4.79 Å². The molecule has 1 fully saturated rings. The molecule has 1 aliphatic carbocycles. The van der Waals surface area contributed by atoms with Gasteiger partial charge in [-0.2, -0.15) is 5.10 Å². The zero-order valence-electron chi connectivity index (χ0n) is 13.3. The topological polar surface area (TPSA) is 75.6 Å². The van der Waals surface area contributed by atoms with E-state index in [1.54, 1.807) is 12.5 Å². The van der Waals surface area contributed by atoms with E-state index >= 15 is 0 Å². The van der Waals surface area contributed by atoms with E-state index in [4.69, 9.17) is 0 Å². The van der Waals surface area contributed by atoms with Gasteiger partial charge in [-0.15, -0.1) is 0 Å². The van der Waals surface area contributed by atoms with Gasteiger partial charge in [0.25, 0.3) is 5.91 Å². The molecule has 0 radical (unpaired) electrons. The van der Waals surface area contributed by atoms with Gasteiger partial charge in [0.1, 0.15) is 5.69 Å². The maximum atomic E-state index is 12.1. The monoisotopic (exact) mass is 321 g/mol. The first-order valence-corrected chi connectivity index (χ1v) is 8.15.